The highest BCUT2D eigenvalue weighted by atomic mass is 32.1. The van der Waals surface area contributed by atoms with Crippen LogP contribution in [0.1, 0.15) is 59.3 Å². The predicted octanol–water partition coefficient (Wildman–Crippen LogP) is 4.12. The Morgan fingerprint density at radius 3 is 1.40 bits per heavy atom. The first-order chi connectivity index (χ1) is 22.5. The van der Waals surface area contributed by atoms with E-state index in [0.717, 1.165) is 32.5 Å². The van der Waals surface area contributed by atoms with Crippen molar-refractivity contribution in [3.63, 3.8) is 0 Å². The molecule has 2 aromatic carbocycles. The zero-order valence-corrected chi connectivity index (χ0v) is 26.6. The molecular weight excluding hydrogens is 656 g/mol. The molecule has 14 nitrogen and oxygen atoms in total. The van der Waals surface area contributed by atoms with Crippen LogP contribution in [0.2, 0.25) is 0 Å². The van der Waals surface area contributed by atoms with Crippen molar-refractivity contribution >= 4 is 78.4 Å². The average molecular weight is 683 g/mol. The molecule has 0 spiro atoms. The monoisotopic (exact) mass is 682 g/mol. The molecule has 0 saturated carbocycles. The molecule has 0 radical (unpaired) electrons. The summed E-state index contributed by atoms with van der Waals surface area (Å²) >= 11 is 2.26. The van der Waals surface area contributed by atoms with Crippen molar-refractivity contribution in [1.82, 2.24) is 9.80 Å². The van der Waals surface area contributed by atoms with Crippen LogP contribution in [0.4, 0.5) is 0 Å². The Morgan fingerprint density at radius 2 is 1.04 bits per heavy atom. The number of thiophene rings is 2. The lowest BCUT2D eigenvalue weighted by atomic mass is 10.1. The Kier molecular flexibility index (Phi) is 8.46. The molecule has 47 heavy (non-hydrogen) atoms. The highest BCUT2D eigenvalue weighted by molar-refractivity contribution is 7.22. The van der Waals surface area contributed by atoms with Crippen LogP contribution in [0.3, 0.4) is 0 Å². The topological polar surface area (TPSA) is 186 Å². The van der Waals surface area contributed by atoms with E-state index < -0.39 is 35.6 Å². The molecule has 4 aromatic rings. The minimum atomic E-state index is -1.11. The Morgan fingerprint density at radius 1 is 0.638 bits per heavy atom. The van der Waals surface area contributed by atoms with Gasteiger partial charge in [0.25, 0.3) is 23.6 Å². The number of hydrogen-bond donors (Lipinski definition) is 2. The number of carboxylic acids is 2. The van der Waals surface area contributed by atoms with Gasteiger partial charge >= 0.3 is 11.9 Å². The van der Waals surface area contributed by atoms with Crippen LogP contribution >= 0.6 is 22.7 Å². The van der Waals surface area contributed by atoms with E-state index in [9.17, 15) is 28.8 Å². The molecule has 0 atom stereocenters. The van der Waals surface area contributed by atoms with Gasteiger partial charge in [-0.2, -0.15) is 0 Å². The number of fused-ring (bicyclic) bond motifs is 6. The van der Waals surface area contributed by atoms with Crippen LogP contribution in [0.15, 0.2) is 24.3 Å². The second-order valence-electron chi connectivity index (χ2n) is 10.5. The molecule has 2 aliphatic heterocycles. The molecule has 0 saturated heterocycles. The van der Waals surface area contributed by atoms with E-state index in [2.05, 4.69) is 0 Å². The summed E-state index contributed by atoms with van der Waals surface area (Å²) in [5, 5.41) is 19.0. The van der Waals surface area contributed by atoms with Gasteiger partial charge in [0.2, 0.25) is 0 Å². The van der Waals surface area contributed by atoms with E-state index in [0.29, 0.717) is 49.6 Å². The van der Waals surface area contributed by atoms with E-state index in [1.807, 2.05) is 0 Å². The van der Waals surface area contributed by atoms with Crippen molar-refractivity contribution < 1.29 is 57.9 Å². The van der Waals surface area contributed by atoms with E-state index in [1.165, 1.54) is 14.2 Å². The van der Waals surface area contributed by atoms with E-state index in [4.69, 9.17) is 29.2 Å². The zero-order valence-electron chi connectivity index (χ0n) is 24.9. The van der Waals surface area contributed by atoms with Gasteiger partial charge in [0.15, 0.2) is 23.0 Å². The van der Waals surface area contributed by atoms with Crippen LogP contribution in [-0.2, 0) is 9.59 Å². The van der Waals surface area contributed by atoms with Crippen LogP contribution < -0.4 is 18.9 Å². The van der Waals surface area contributed by atoms with Gasteiger partial charge in [0, 0.05) is 51.8 Å². The fourth-order valence-corrected chi connectivity index (χ4v) is 7.73. The molecule has 0 bridgehead atoms. The van der Waals surface area contributed by atoms with Crippen LogP contribution in [-0.4, -0.2) is 96.1 Å². The minimum Gasteiger partial charge on any atom is -0.493 e. The number of methoxy groups -OCH3 is 2. The summed E-state index contributed by atoms with van der Waals surface area (Å²) in [5.74, 6) is -2.91. The van der Waals surface area contributed by atoms with Gasteiger partial charge in [-0.05, 0) is 12.1 Å². The third-order valence-electron chi connectivity index (χ3n) is 7.65. The molecule has 2 N–H and O–H groups in total. The van der Waals surface area contributed by atoms with E-state index in [1.54, 1.807) is 24.3 Å². The quantitative estimate of drug-likeness (QED) is 0.143. The highest BCUT2D eigenvalue weighted by Crippen LogP contribution is 2.44. The second-order valence-corrected chi connectivity index (χ2v) is 12.6. The van der Waals surface area contributed by atoms with Gasteiger partial charge < -0.3 is 29.2 Å². The Balaban J connectivity index is 1.14. The Hall–Kier alpha value is -5.22. The molecule has 0 fully saturated rings. The smallest absolute Gasteiger partial charge is 0.305 e. The van der Waals surface area contributed by atoms with Gasteiger partial charge in [-0.3, -0.25) is 38.6 Å². The number of carbonyl (C=O) groups is 6. The van der Waals surface area contributed by atoms with Gasteiger partial charge in [0.1, 0.15) is 9.75 Å². The average Bonchev–Trinajstić information content (AvgIpc) is 3.72. The Bertz CT molecular complexity index is 1870. The van der Waals surface area contributed by atoms with Gasteiger partial charge in [0.05, 0.1) is 51.4 Å². The molecule has 2 aromatic heterocycles. The highest BCUT2D eigenvalue weighted by Gasteiger charge is 2.41. The van der Waals surface area contributed by atoms with Crippen molar-refractivity contribution in [3.05, 3.63) is 45.1 Å². The van der Waals surface area contributed by atoms with Gasteiger partial charge in [-0.25, -0.2) is 0 Å². The van der Waals surface area contributed by atoms with Crippen LogP contribution in [0, 0.1) is 0 Å². The van der Waals surface area contributed by atoms with E-state index in [-0.39, 0.29) is 60.0 Å². The summed E-state index contributed by atoms with van der Waals surface area (Å²) in [7, 11) is 2.94. The van der Waals surface area contributed by atoms with Crippen molar-refractivity contribution in [3.8, 4) is 23.0 Å². The molecule has 16 heteroatoms. The standard InChI is InChI=1S/C31H26N2O12S2/c1-42-16-12-20-14(24-26(46-20)30(40)32(28(24)38)6-4-22(34)35)10-18(16)44-8-3-9-45-19-11-15-21(13-17(19)43-2)47-27-25(15)29(39)33(31(27)41)7-5-23(36)37/h10-13H,3-9H2,1-2H3,(H,34,35)(H,36,37). The summed E-state index contributed by atoms with van der Waals surface area (Å²) in [4.78, 5) is 76.1. The fraction of sp³-hybridized carbons (Fsp3) is 0.290. The number of carbonyl (C=O) groups excluding carboxylic acids is 4. The molecule has 6 rings (SSSR count). The first kappa shape index (κ1) is 31.7. The van der Waals surface area contributed by atoms with E-state index >= 15 is 0 Å². The van der Waals surface area contributed by atoms with Crippen molar-refractivity contribution in [2.75, 3.05) is 40.5 Å². The lowest BCUT2D eigenvalue weighted by molar-refractivity contribution is -0.138. The number of hydrogen-bond acceptors (Lipinski definition) is 12. The van der Waals surface area contributed by atoms with Gasteiger partial charge in [-0.1, -0.05) is 0 Å². The van der Waals surface area contributed by atoms with Crippen molar-refractivity contribution in [2.45, 2.75) is 19.3 Å². The summed E-state index contributed by atoms with van der Waals surface area (Å²) in [6, 6.07) is 6.62. The number of carboxylic acid groups (broad SMARTS) is 2. The molecule has 0 aliphatic carbocycles. The van der Waals surface area contributed by atoms with Crippen LogP contribution in [0.25, 0.3) is 20.2 Å². The first-order valence-electron chi connectivity index (χ1n) is 14.2. The van der Waals surface area contributed by atoms with Crippen LogP contribution in [0.5, 0.6) is 23.0 Å². The minimum absolute atomic E-state index is 0.176. The maximum atomic E-state index is 13.0. The number of benzene rings is 2. The zero-order chi connectivity index (χ0) is 33.6. The second kappa shape index (κ2) is 12.5. The number of ether oxygens (including phenoxy) is 4. The van der Waals surface area contributed by atoms with Crippen molar-refractivity contribution in [1.29, 1.82) is 0 Å². The summed E-state index contributed by atoms with van der Waals surface area (Å²) < 4.78 is 24.2. The SMILES string of the molecule is COc1cc2sc3c(c2cc1OCCCOc1cc2c4c(sc2cc1OC)C(=O)N(CCC(=O)O)C4=O)C(=O)N(CCC(=O)O)C3=O. The summed E-state index contributed by atoms with van der Waals surface area (Å²) in [5.41, 5.74) is 0.424. The number of nitrogens with zero attached hydrogens (tertiary/aromatic N) is 2. The fourth-order valence-electron chi connectivity index (χ4n) is 5.42. The first-order valence-corrected chi connectivity index (χ1v) is 15.9. The Labute approximate surface area is 273 Å². The predicted molar refractivity (Wildman–Crippen MR) is 168 cm³/mol. The maximum Gasteiger partial charge on any atom is 0.305 e. The molecule has 4 heterocycles. The molecule has 0 unspecified atom stereocenters. The molecule has 244 valence electrons. The maximum absolute atomic E-state index is 13.0. The third-order valence-corrected chi connectivity index (χ3v) is 9.93. The summed E-state index contributed by atoms with van der Waals surface area (Å²) in [6.07, 6.45) is -0.309. The summed E-state index contributed by atoms with van der Waals surface area (Å²) in [6.45, 7) is -0.0884. The number of aliphatic carboxylic acids is 2. The lowest BCUT2D eigenvalue weighted by Gasteiger charge is -2.15. The molecule has 2 aliphatic rings. The normalized spacial score (nSPS) is 13.9. The number of rotatable bonds is 14. The van der Waals surface area contributed by atoms with Gasteiger partial charge in [-0.15, -0.1) is 22.7 Å². The number of imide groups is 2. The molecule has 4 amide bonds. The van der Waals surface area contributed by atoms with Crippen molar-refractivity contribution in [2.24, 2.45) is 0 Å². The lowest BCUT2D eigenvalue weighted by Crippen LogP contribution is -2.32. The largest absolute Gasteiger partial charge is 0.493 e. The molecular formula is C31H26N2O12S2. The number of amides is 4. The third kappa shape index (κ3) is 5.59.